The Balaban J connectivity index is 2.57. The van der Waals surface area contributed by atoms with E-state index in [-0.39, 0.29) is 11.3 Å². The number of carbonyl (C=O) groups is 1. The largest absolute Gasteiger partial charge is 0.507 e. The Morgan fingerprint density at radius 1 is 1.16 bits per heavy atom. The Labute approximate surface area is 114 Å². The molecule has 5 N–H and O–H groups in total. The Morgan fingerprint density at radius 2 is 1.79 bits per heavy atom. The molecule has 0 heterocycles. The van der Waals surface area contributed by atoms with Gasteiger partial charge in [0.25, 0.3) is 0 Å². The average Bonchev–Trinajstić information content (AvgIpc) is 2.38. The SMILES string of the molecule is CCCCCCCC(N)(N)C(=O)c1ccccc1O. The summed E-state index contributed by atoms with van der Waals surface area (Å²) in [6.07, 6.45) is 5.79. The van der Waals surface area contributed by atoms with Crippen LogP contribution in [0.1, 0.15) is 55.8 Å². The molecule has 0 aliphatic heterocycles. The predicted octanol–water partition coefficient (Wildman–Crippen LogP) is 2.55. The fraction of sp³-hybridized carbons (Fsp3) is 0.533. The molecule has 4 heteroatoms. The summed E-state index contributed by atoms with van der Waals surface area (Å²) in [4.78, 5) is 12.2. The normalized spacial score (nSPS) is 11.5. The van der Waals surface area contributed by atoms with Gasteiger partial charge in [-0.3, -0.25) is 4.79 Å². The molecule has 0 aliphatic rings. The predicted molar refractivity (Wildman–Crippen MR) is 76.9 cm³/mol. The van der Waals surface area contributed by atoms with Crippen molar-refractivity contribution in [2.24, 2.45) is 11.5 Å². The van der Waals surface area contributed by atoms with Crippen LogP contribution in [-0.2, 0) is 0 Å². The lowest BCUT2D eigenvalue weighted by Crippen LogP contribution is -2.56. The molecular weight excluding hydrogens is 240 g/mol. The number of phenolic OH excluding ortho intramolecular Hbond substituents is 1. The summed E-state index contributed by atoms with van der Waals surface area (Å²) >= 11 is 0. The van der Waals surface area contributed by atoms with E-state index in [0.717, 1.165) is 19.3 Å². The van der Waals surface area contributed by atoms with Crippen molar-refractivity contribution in [3.05, 3.63) is 29.8 Å². The van der Waals surface area contributed by atoms with Crippen molar-refractivity contribution in [2.75, 3.05) is 0 Å². The van der Waals surface area contributed by atoms with Crippen molar-refractivity contribution in [2.45, 2.75) is 51.1 Å². The maximum absolute atomic E-state index is 12.2. The highest BCUT2D eigenvalue weighted by molar-refractivity contribution is 6.04. The zero-order valence-corrected chi connectivity index (χ0v) is 11.6. The lowest BCUT2D eigenvalue weighted by Gasteiger charge is -2.23. The zero-order valence-electron chi connectivity index (χ0n) is 11.6. The summed E-state index contributed by atoms with van der Waals surface area (Å²) in [5.41, 5.74) is 10.6. The van der Waals surface area contributed by atoms with E-state index in [1.807, 2.05) is 0 Å². The Morgan fingerprint density at radius 3 is 2.42 bits per heavy atom. The lowest BCUT2D eigenvalue weighted by atomic mass is 9.93. The maximum atomic E-state index is 12.2. The van der Waals surface area contributed by atoms with Gasteiger partial charge in [-0.25, -0.2) is 0 Å². The fourth-order valence-electron chi connectivity index (χ4n) is 2.05. The number of nitrogens with two attached hydrogens (primary N) is 2. The van der Waals surface area contributed by atoms with E-state index in [4.69, 9.17) is 11.5 Å². The molecule has 0 bridgehead atoms. The van der Waals surface area contributed by atoms with E-state index >= 15 is 0 Å². The highest BCUT2D eigenvalue weighted by Gasteiger charge is 2.30. The second-order valence-electron chi connectivity index (χ2n) is 5.05. The van der Waals surface area contributed by atoms with Crippen molar-refractivity contribution in [1.29, 1.82) is 0 Å². The first kappa shape index (κ1) is 15.7. The van der Waals surface area contributed by atoms with Gasteiger partial charge in [-0.15, -0.1) is 0 Å². The first-order valence-electron chi connectivity index (χ1n) is 6.89. The van der Waals surface area contributed by atoms with Gasteiger partial charge in [0, 0.05) is 0 Å². The van der Waals surface area contributed by atoms with Gasteiger partial charge < -0.3 is 16.6 Å². The topological polar surface area (TPSA) is 89.3 Å². The average molecular weight is 264 g/mol. The molecule has 0 aromatic heterocycles. The van der Waals surface area contributed by atoms with Gasteiger partial charge in [-0.05, 0) is 25.0 Å². The van der Waals surface area contributed by atoms with Crippen LogP contribution in [0.25, 0.3) is 0 Å². The number of rotatable bonds is 8. The van der Waals surface area contributed by atoms with Crippen LogP contribution >= 0.6 is 0 Å². The molecule has 0 atom stereocenters. The second kappa shape index (κ2) is 7.26. The molecule has 19 heavy (non-hydrogen) atoms. The molecule has 106 valence electrons. The van der Waals surface area contributed by atoms with Gasteiger partial charge in [-0.2, -0.15) is 0 Å². The third kappa shape index (κ3) is 4.65. The van der Waals surface area contributed by atoms with Gasteiger partial charge in [0.15, 0.2) is 0 Å². The highest BCUT2D eigenvalue weighted by atomic mass is 16.3. The molecule has 1 rings (SSSR count). The van der Waals surface area contributed by atoms with E-state index in [1.165, 1.54) is 18.9 Å². The van der Waals surface area contributed by atoms with Crippen LogP contribution in [0.2, 0.25) is 0 Å². The maximum Gasteiger partial charge on any atom is 0.200 e. The minimum atomic E-state index is -1.40. The van der Waals surface area contributed by atoms with Crippen LogP contribution in [0.15, 0.2) is 24.3 Å². The molecule has 1 aromatic rings. The van der Waals surface area contributed by atoms with Crippen LogP contribution in [0.4, 0.5) is 0 Å². The van der Waals surface area contributed by atoms with E-state index in [9.17, 15) is 9.90 Å². The van der Waals surface area contributed by atoms with Crippen molar-refractivity contribution in [3.63, 3.8) is 0 Å². The first-order chi connectivity index (χ1) is 8.99. The summed E-state index contributed by atoms with van der Waals surface area (Å²) < 4.78 is 0. The molecule has 0 saturated heterocycles. The van der Waals surface area contributed by atoms with E-state index in [0.29, 0.717) is 6.42 Å². The van der Waals surface area contributed by atoms with Gasteiger partial charge in [0.1, 0.15) is 11.4 Å². The number of aromatic hydroxyl groups is 1. The van der Waals surface area contributed by atoms with Crippen molar-refractivity contribution >= 4 is 5.78 Å². The molecule has 1 aromatic carbocycles. The van der Waals surface area contributed by atoms with Gasteiger partial charge in [-0.1, -0.05) is 44.7 Å². The molecule has 0 spiro atoms. The van der Waals surface area contributed by atoms with E-state index < -0.39 is 11.4 Å². The van der Waals surface area contributed by atoms with Crippen LogP contribution < -0.4 is 11.5 Å². The van der Waals surface area contributed by atoms with Crippen molar-refractivity contribution in [3.8, 4) is 5.75 Å². The third-order valence-corrected chi connectivity index (χ3v) is 3.27. The van der Waals surface area contributed by atoms with Gasteiger partial charge in [0.05, 0.1) is 5.56 Å². The lowest BCUT2D eigenvalue weighted by molar-refractivity contribution is 0.0878. The Hall–Kier alpha value is -1.39. The number of ketones is 1. The molecule has 0 radical (unpaired) electrons. The molecule has 4 nitrogen and oxygen atoms in total. The second-order valence-corrected chi connectivity index (χ2v) is 5.05. The number of phenols is 1. The van der Waals surface area contributed by atoms with Crippen LogP contribution in [0.5, 0.6) is 5.75 Å². The summed E-state index contributed by atoms with van der Waals surface area (Å²) in [5.74, 6) is -0.472. The molecule has 0 aliphatic carbocycles. The smallest absolute Gasteiger partial charge is 0.200 e. The minimum Gasteiger partial charge on any atom is -0.507 e. The number of hydrogen-bond donors (Lipinski definition) is 3. The minimum absolute atomic E-state index is 0.0706. The Bertz CT molecular complexity index is 416. The Kier molecular flexibility index (Phi) is 5.99. The van der Waals surface area contributed by atoms with E-state index in [1.54, 1.807) is 18.2 Å². The van der Waals surface area contributed by atoms with Crippen LogP contribution in [0, 0.1) is 0 Å². The number of benzene rings is 1. The standard InChI is InChI=1S/C15H24N2O2/c1-2-3-4-5-8-11-15(16,17)14(19)12-9-6-7-10-13(12)18/h6-7,9-10,18H,2-5,8,11,16-17H2,1H3. The molecular formula is C15H24N2O2. The summed E-state index contributed by atoms with van der Waals surface area (Å²) in [7, 11) is 0. The summed E-state index contributed by atoms with van der Waals surface area (Å²) in [6, 6.07) is 6.35. The van der Waals surface area contributed by atoms with Crippen LogP contribution in [0.3, 0.4) is 0 Å². The number of Topliss-reactive ketones (excluding diaryl/α,β-unsaturated/α-hetero) is 1. The first-order valence-corrected chi connectivity index (χ1v) is 6.89. The molecule has 0 fully saturated rings. The third-order valence-electron chi connectivity index (χ3n) is 3.27. The molecule has 0 amide bonds. The zero-order chi connectivity index (χ0) is 14.3. The van der Waals surface area contributed by atoms with Crippen molar-refractivity contribution < 1.29 is 9.90 Å². The fourth-order valence-corrected chi connectivity index (χ4v) is 2.05. The molecule has 0 unspecified atom stereocenters. The summed E-state index contributed by atoms with van der Waals surface area (Å²) in [5, 5.41) is 9.65. The van der Waals surface area contributed by atoms with E-state index in [2.05, 4.69) is 6.92 Å². The number of carbonyl (C=O) groups excluding carboxylic acids is 1. The molecule has 0 saturated carbocycles. The monoisotopic (exact) mass is 264 g/mol. The van der Waals surface area contributed by atoms with Crippen LogP contribution in [-0.4, -0.2) is 16.6 Å². The number of hydrogen-bond acceptors (Lipinski definition) is 4. The highest BCUT2D eigenvalue weighted by Crippen LogP contribution is 2.21. The van der Waals surface area contributed by atoms with Gasteiger partial charge >= 0.3 is 0 Å². The quantitative estimate of drug-likeness (QED) is 0.382. The summed E-state index contributed by atoms with van der Waals surface area (Å²) in [6.45, 7) is 2.15. The van der Waals surface area contributed by atoms with Gasteiger partial charge in [0.2, 0.25) is 5.78 Å². The number of para-hydroxylation sites is 1. The number of unbranched alkanes of at least 4 members (excludes halogenated alkanes) is 4. The van der Waals surface area contributed by atoms with Crippen molar-refractivity contribution in [1.82, 2.24) is 0 Å².